The topological polar surface area (TPSA) is 21.7 Å². The molecular formula is C15H14N3S+. The summed E-state index contributed by atoms with van der Waals surface area (Å²) in [5.41, 5.74) is 2.14. The number of hydrogen-bond donors (Lipinski definition) is 1. The van der Waals surface area contributed by atoms with Gasteiger partial charge in [-0.05, 0) is 29.4 Å². The van der Waals surface area contributed by atoms with Gasteiger partial charge in [0, 0.05) is 0 Å². The van der Waals surface area contributed by atoms with Crippen LogP contribution >= 0.6 is 12.6 Å². The number of para-hydroxylation sites is 1. The average Bonchev–Trinajstić information content (AvgIpc) is 2.77. The van der Waals surface area contributed by atoms with E-state index < -0.39 is 0 Å². The van der Waals surface area contributed by atoms with E-state index in [1.807, 2.05) is 64.8 Å². The maximum absolute atomic E-state index is 4.50. The molecule has 0 aliphatic carbocycles. The third-order valence-corrected chi connectivity index (χ3v) is 3.43. The number of aromatic nitrogens is 3. The smallest absolute Gasteiger partial charge is 0.203 e. The Morgan fingerprint density at radius 3 is 2.16 bits per heavy atom. The summed E-state index contributed by atoms with van der Waals surface area (Å²) < 4.78 is 3.89. The Balaban J connectivity index is 2.25. The zero-order valence-corrected chi connectivity index (χ0v) is 11.5. The van der Waals surface area contributed by atoms with Crippen LogP contribution in [0.4, 0.5) is 0 Å². The zero-order valence-electron chi connectivity index (χ0n) is 10.6. The number of benzene rings is 2. The molecule has 0 atom stereocenters. The van der Waals surface area contributed by atoms with Gasteiger partial charge in [0.05, 0.1) is 12.6 Å². The Kier molecular flexibility index (Phi) is 3.09. The molecule has 3 aromatic rings. The fraction of sp³-hybridized carbons (Fsp3) is 0.0667. The highest BCUT2D eigenvalue weighted by atomic mass is 32.1. The van der Waals surface area contributed by atoms with Crippen molar-refractivity contribution in [1.82, 2.24) is 9.67 Å². The summed E-state index contributed by atoms with van der Waals surface area (Å²) in [5.74, 6) is 1.01. The Morgan fingerprint density at radius 1 is 0.947 bits per heavy atom. The minimum Gasteiger partial charge on any atom is -0.203 e. The van der Waals surface area contributed by atoms with Crippen molar-refractivity contribution in [1.29, 1.82) is 0 Å². The second-order valence-electron chi connectivity index (χ2n) is 4.30. The second kappa shape index (κ2) is 4.90. The van der Waals surface area contributed by atoms with Crippen molar-refractivity contribution in [2.75, 3.05) is 0 Å². The lowest BCUT2D eigenvalue weighted by atomic mass is 10.2. The van der Waals surface area contributed by atoms with Crippen LogP contribution in [0.1, 0.15) is 0 Å². The molecule has 19 heavy (non-hydrogen) atoms. The molecule has 0 amide bonds. The molecule has 0 N–H and O–H groups in total. The van der Waals surface area contributed by atoms with Crippen molar-refractivity contribution >= 4 is 12.6 Å². The van der Waals surface area contributed by atoms with Gasteiger partial charge in [0.25, 0.3) is 5.16 Å². The van der Waals surface area contributed by atoms with Gasteiger partial charge in [-0.25, -0.2) is 4.57 Å². The number of thiol groups is 1. The summed E-state index contributed by atoms with van der Waals surface area (Å²) in [5, 5.41) is 5.18. The molecule has 0 saturated heterocycles. The van der Waals surface area contributed by atoms with Gasteiger partial charge in [-0.3, -0.25) is 0 Å². The Labute approximate surface area is 117 Å². The summed E-state index contributed by atoms with van der Waals surface area (Å²) in [6.07, 6.45) is 0. The molecule has 1 heterocycles. The van der Waals surface area contributed by atoms with Crippen LogP contribution in [-0.4, -0.2) is 9.67 Å². The number of rotatable bonds is 2. The van der Waals surface area contributed by atoms with Crippen molar-refractivity contribution in [2.45, 2.75) is 5.16 Å². The fourth-order valence-corrected chi connectivity index (χ4v) is 2.28. The van der Waals surface area contributed by atoms with Crippen molar-refractivity contribution in [2.24, 2.45) is 7.05 Å². The Hall–Kier alpha value is -2.07. The van der Waals surface area contributed by atoms with Crippen molar-refractivity contribution in [3.05, 3.63) is 60.7 Å². The van der Waals surface area contributed by atoms with Gasteiger partial charge in [0.15, 0.2) is 5.69 Å². The van der Waals surface area contributed by atoms with Crippen LogP contribution in [0.25, 0.3) is 17.1 Å². The highest BCUT2D eigenvalue weighted by Gasteiger charge is 2.23. The third kappa shape index (κ3) is 2.15. The molecule has 0 aliphatic rings. The van der Waals surface area contributed by atoms with Gasteiger partial charge in [0.2, 0.25) is 0 Å². The van der Waals surface area contributed by atoms with E-state index in [2.05, 4.69) is 29.9 Å². The average molecular weight is 268 g/mol. The first-order valence-electron chi connectivity index (χ1n) is 6.06. The highest BCUT2D eigenvalue weighted by Crippen LogP contribution is 2.18. The van der Waals surface area contributed by atoms with E-state index in [0.717, 1.165) is 17.1 Å². The molecular weight excluding hydrogens is 254 g/mol. The van der Waals surface area contributed by atoms with E-state index in [1.165, 1.54) is 0 Å². The molecule has 0 fully saturated rings. The fourth-order valence-electron chi connectivity index (χ4n) is 2.09. The molecule has 0 radical (unpaired) electrons. The van der Waals surface area contributed by atoms with E-state index in [1.54, 1.807) is 0 Å². The van der Waals surface area contributed by atoms with Gasteiger partial charge in [-0.1, -0.05) is 53.7 Å². The zero-order chi connectivity index (χ0) is 13.2. The summed E-state index contributed by atoms with van der Waals surface area (Å²) >= 11 is 4.42. The van der Waals surface area contributed by atoms with Crippen LogP contribution in [0.3, 0.4) is 0 Å². The molecule has 3 nitrogen and oxygen atoms in total. The lowest BCUT2D eigenvalue weighted by Gasteiger charge is -1.99. The molecule has 0 bridgehead atoms. The molecule has 4 heteroatoms. The second-order valence-corrected chi connectivity index (χ2v) is 4.70. The first-order valence-corrected chi connectivity index (χ1v) is 6.51. The van der Waals surface area contributed by atoms with Crippen molar-refractivity contribution < 1.29 is 4.68 Å². The SMILES string of the molecule is Cn1c(S)n[n+](-c2ccccc2)c1-c1ccccc1. The van der Waals surface area contributed by atoms with E-state index >= 15 is 0 Å². The van der Waals surface area contributed by atoms with Crippen LogP contribution in [0, 0.1) is 0 Å². The highest BCUT2D eigenvalue weighted by molar-refractivity contribution is 7.80. The quantitative estimate of drug-likeness (QED) is 0.560. The summed E-state index contributed by atoms with van der Waals surface area (Å²) in [6.45, 7) is 0. The van der Waals surface area contributed by atoms with Gasteiger partial charge in [-0.15, -0.1) is 0 Å². The summed E-state index contributed by atoms with van der Waals surface area (Å²) in [6, 6.07) is 20.3. The summed E-state index contributed by atoms with van der Waals surface area (Å²) in [7, 11) is 1.97. The predicted molar refractivity (Wildman–Crippen MR) is 77.4 cm³/mol. The maximum atomic E-state index is 4.50. The first-order chi connectivity index (χ1) is 9.27. The molecule has 1 aromatic heterocycles. The minimum absolute atomic E-state index is 0.683. The standard InChI is InChI=1S/C15H13N3S/c1-17-14(12-8-4-2-5-9-12)18(16-15(17)19)13-10-6-3-7-11-13/h2-11H,1H3/p+1. The molecule has 0 spiro atoms. The summed E-state index contributed by atoms with van der Waals surface area (Å²) in [4.78, 5) is 0. The maximum Gasteiger partial charge on any atom is 0.316 e. The van der Waals surface area contributed by atoms with Crippen molar-refractivity contribution in [3.63, 3.8) is 0 Å². The van der Waals surface area contributed by atoms with Crippen LogP contribution in [0.5, 0.6) is 0 Å². The van der Waals surface area contributed by atoms with E-state index in [9.17, 15) is 0 Å². The first kappa shape index (κ1) is 12.0. The largest absolute Gasteiger partial charge is 0.316 e. The molecule has 94 valence electrons. The van der Waals surface area contributed by atoms with Gasteiger partial charge in [0.1, 0.15) is 0 Å². The number of hydrogen-bond acceptors (Lipinski definition) is 2. The normalized spacial score (nSPS) is 10.6. The van der Waals surface area contributed by atoms with Crippen LogP contribution in [0.2, 0.25) is 0 Å². The lowest BCUT2D eigenvalue weighted by molar-refractivity contribution is -0.648. The lowest BCUT2D eigenvalue weighted by Crippen LogP contribution is -2.35. The molecule has 0 aliphatic heterocycles. The van der Waals surface area contributed by atoms with Gasteiger partial charge < -0.3 is 0 Å². The minimum atomic E-state index is 0.683. The van der Waals surface area contributed by atoms with E-state index in [0.29, 0.717) is 5.16 Å². The van der Waals surface area contributed by atoms with Crippen LogP contribution in [-0.2, 0) is 7.05 Å². The van der Waals surface area contributed by atoms with Crippen LogP contribution in [0.15, 0.2) is 65.8 Å². The predicted octanol–water partition coefficient (Wildman–Crippen LogP) is 2.65. The third-order valence-electron chi connectivity index (χ3n) is 3.04. The monoisotopic (exact) mass is 268 g/mol. The van der Waals surface area contributed by atoms with Crippen molar-refractivity contribution in [3.8, 4) is 17.1 Å². The van der Waals surface area contributed by atoms with E-state index in [-0.39, 0.29) is 0 Å². The molecule has 3 rings (SSSR count). The molecule has 0 unspecified atom stereocenters. The van der Waals surface area contributed by atoms with Gasteiger partial charge >= 0.3 is 5.82 Å². The van der Waals surface area contributed by atoms with Crippen LogP contribution < -0.4 is 4.68 Å². The molecule has 0 saturated carbocycles. The van der Waals surface area contributed by atoms with Gasteiger partial charge in [-0.2, -0.15) is 0 Å². The Bertz CT molecular complexity index is 690. The molecule has 2 aromatic carbocycles. The Morgan fingerprint density at radius 2 is 1.53 bits per heavy atom. The van der Waals surface area contributed by atoms with E-state index in [4.69, 9.17) is 0 Å². The number of nitrogens with zero attached hydrogens (tertiary/aromatic N) is 3.